The highest BCUT2D eigenvalue weighted by Crippen LogP contribution is 2.08. The van der Waals surface area contributed by atoms with Gasteiger partial charge in [0.1, 0.15) is 6.54 Å². The predicted octanol–water partition coefficient (Wildman–Crippen LogP) is -1.33. The molecule has 0 aromatic carbocycles. The van der Waals surface area contributed by atoms with Gasteiger partial charge in [-0.3, -0.25) is 9.48 Å². The van der Waals surface area contributed by atoms with Crippen LogP contribution in [0.2, 0.25) is 0 Å². The average molecular weight is 224 g/mol. The molecule has 1 aliphatic rings. The Morgan fingerprint density at radius 1 is 1.69 bits per heavy atom. The summed E-state index contributed by atoms with van der Waals surface area (Å²) < 4.78 is 1.58. The van der Waals surface area contributed by atoms with Gasteiger partial charge in [-0.05, 0) is 6.07 Å². The van der Waals surface area contributed by atoms with Gasteiger partial charge in [-0.15, -0.1) is 0 Å². The predicted molar refractivity (Wildman–Crippen MR) is 57.7 cm³/mol. The van der Waals surface area contributed by atoms with E-state index in [0.717, 1.165) is 0 Å². The summed E-state index contributed by atoms with van der Waals surface area (Å²) in [6, 6.07) is 1.64. The normalized spacial score (nSPS) is 24.6. The molecule has 1 aromatic rings. The van der Waals surface area contributed by atoms with Crippen LogP contribution in [-0.2, 0) is 11.3 Å². The number of aromatic nitrogens is 2. The summed E-state index contributed by atoms with van der Waals surface area (Å²) in [6.45, 7) is 1.40. The van der Waals surface area contributed by atoms with E-state index in [1.807, 2.05) is 0 Å². The molecule has 2 rings (SSSR count). The SMILES string of the molecule is CN(C(=O)Cn1cccn1)[C@@H]1CNC[C@H]1O. The van der Waals surface area contributed by atoms with Crippen molar-refractivity contribution >= 4 is 5.91 Å². The van der Waals surface area contributed by atoms with Gasteiger partial charge in [-0.25, -0.2) is 0 Å². The third-order valence-corrected chi connectivity index (χ3v) is 2.90. The Kier molecular flexibility index (Phi) is 3.21. The number of amides is 1. The molecular formula is C10H16N4O2. The van der Waals surface area contributed by atoms with Gasteiger partial charge in [-0.1, -0.05) is 0 Å². The zero-order valence-electron chi connectivity index (χ0n) is 9.21. The smallest absolute Gasteiger partial charge is 0.244 e. The van der Waals surface area contributed by atoms with Gasteiger partial charge in [0.15, 0.2) is 0 Å². The fourth-order valence-electron chi connectivity index (χ4n) is 1.88. The highest BCUT2D eigenvalue weighted by molar-refractivity contribution is 5.76. The van der Waals surface area contributed by atoms with Gasteiger partial charge >= 0.3 is 0 Å². The zero-order valence-corrected chi connectivity index (χ0v) is 9.21. The van der Waals surface area contributed by atoms with Crippen molar-refractivity contribution in [1.82, 2.24) is 20.0 Å². The van der Waals surface area contributed by atoms with Crippen LogP contribution in [0.25, 0.3) is 0 Å². The van der Waals surface area contributed by atoms with Gasteiger partial charge in [-0.2, -0.15) is 5.10 Å². The summed E-state index contributed by atoms with van der Waals surface area (Å²) in [5, 5.41) is 16.7. The minimum atomic E-state index is -0.480. The van der Waals surface area contributed by atoms with Crippen molar-refractivity contribution in [3.63, 3.8) is 0 Å². The minimum Gasteiger partial charge on any atom is -0.390 e. The minimum absolute atomic E-state index is 0.0450. The molecule has 2 atom stereocenters. The van der Waals surface area contributed by atoms with E-state index in [1.165, 1.54) is 0 Å². The van der Waals surface area contributed by atoms with Crippen LogP contribution in [-0.4, -0.2) is 58.0 Å². The lowest BCUT2D eigenvalue weighted by atomic mass is 10.2. The third-order valence-electron chi connectivity index (χ3n) is 2.90. The van der Waals surface area contributed by atoms with Crippen molar-refractivity contribution < 1.29 is 9.90 Å². The van der Waals surface area contributed by atoms with Crippen molar-refractivity contribution in [2.24, 2.45) is 0 Å². The molecule has 0 unspecified atom stereocenters. The second kappa shape index (κ2) is 4.63. The van der Waals surface area contributed by atoms with Crippen molar-refractivity contribution in [3.8, 4) is 0 Å². The molecule has 0 saturated carbocycles. The zero-order chi connectivity index (χ0) is 11.5. The first kappa shape index (κ1) is 11.1. The molecule has 6 nitrogen and oxygen atoms in total. The molecule has 2 heterocycles. The quantitative estimate of drug-likeness (QED) is 0.667. The summed E-state index contributed by atoms with van der Waals surface area (Å²) in [4.78, 5) is 13.5. The lowest BCUT2D eigenvalue weighted by Crippen LogP contribution is -2.45. The molecule has 1 fully saturated rings. The first-order valence-electron chi connectivity index (χ1n) is 5.30. The third kappa shape index (κ3) is 2.23. The molecule has 1 saturated heterocycles. The molecule has 0 bridgehead atoms. The number of likely N-dealkylation sites (N-methyl/N-ethyl adjacent to an activating group) is 1. The molecule has 0 aliphatic carbocycles. The van der Waals surface area contributed by atoms with Crippen LogP contribution in [0.1, 0.15) is 0 Å². The topological polar surface area (TPSA) is 70.4 Å². The Bertz CT molecular complexity index is 352. The highest BCUT2D eigenvalue weighted by Gasteiger charge is 2.30. The Hall–Kier alpha value is -1.40. The molecule has 0 spiro atoms. The van der Waals surface area contributed by atoms with E-state index in [0.29, 0.717) is 13.1 Å². The fourth-order valence-corrected chi connectivity index (χ4v) is 1.88. The van der Waals surface area contributed by atoms with E-state index in [-0.39, 0.29) is 18.5 Å². The van der Waals surface area contributed by atoms with Crippen LogP contribution in [0.15, 0.2) is 18.5 Å². The second-order valence-electron chi connectivity index (χ2n) is 4.00. The number of aliphatic hydroxyl groups is 1. The van der Waals surface area contributed by atoms with Gasteiger partial charge in [0.05, 0.1) is 12.1 Å². The van der Waals surface area contributed by atoms with Gasteiger partial charge in [0.25, 0.3) is 0 Å². The Labute approximate surface area is 93.9 Å². The maximum Gasteiger partial charge on any atom is 0.244 e. The number of β-amino-alcohol motifs (C(OH)–C–C–N with tert-alkyl or cyclic N) is 1. The number of nitrogens with one attached hydrogen (secondary N) is 1. The molecule has 2 N–H and O–H groups in total. The Morgan fingerprint density at radius 3 is 3.06 bits per heavy atom. The number of carbonyl (C=O) groups is 1. The van der Waals surface area contributed by atoms with Crippen molar-refractivity contribution in [2.45, 2.75) is 18.7 Å². The van der Waals surface area contributed by atoms with E-state index in [2.05, 4.69) is 10.4 Å². The highest BCUT2D eigenvalue weighted by atomic mass is 16.3. The fraction of sp³-hybridized carbons (Fsp3) is 0.600. The standard InChI is InChI=1S/C10H16N4O2/c1-13(8-5-11-6-9(8)15)10(16)7-14-4-2-3-12-14/h2-4,8-9,11,15H,5-7H2,1H3/t8-,9-/m1/s1. The lowest BCUT2D eigenvalue weighted by Gasteiger charge is -2.26. The summed E-state index contributed by atoms with van der Waals surface area (Å²) in [5.74, 6) is -0.0450. The van der Waals surface area contributed by atoms with Gasteiger partial charge in [0, 0.05) is 32.5 Å². The first-order chi connectivity index (χ1) is 7.68. The summed E-state index contributed by atoms with van der Waals surface area (Å²) >= 11 is 0. The van der Waals surface area contributed by atoms with Crippen LogP contribution in [0.3, 0.4) is 0 Å². The Morgan fingerprint density at radius 2 is 2.50 bits per heavy atom. The molecule has 6 heteroatoms. The number of nitrogens with zero attached hydrogens (tertiary/aromatic N) is 3. The summed E-state index contributed by atoms with van der Waals surface area (Å²) in [5.41, 5.74) is 0. The Balaban J connectivity index is 1.94. The largest absolute Gasteiger partial charge is 0.390 e. The maximum atomic E-state index is 11.9. The molecular weight excluding hydrogens is 208 g/mol. The van der Waals surface area contributed by atoms with E-state index in [1.54, 1.807) is 35.1 Å². The van der Waals surface area contributed by atoms with Crippen LogP contribution < -0.4 is 5.32 Å². The van der Waals surface area contributed by atoms with Crippen LogP contribution in [0.4, 0.5) is 0 Å². The molecule has 16 heavy (non-hydrogen) atoms. The maximum absolute atomic E-state index is 11.9. The van der Waals surface area contributed by atoms with E-state index in [9.17, 15) is 9.90 Å². The number of aliphatic hydroxyl groups excluding tert-OH is 1. The first-order valence-corrected chi connectivity index (χ1v) is 5.30. The number of hydrogen-bond donors (Lipinski definition) is 2. The molecule has 1 aromatic heterocycles. The van der Waals surface area contributed by atoms with Crippen molar-refractivity contribution in [2.75, 3.05) is 20.1 Å². The number of hydrogen-bond acceptors (Lipinski definition) is 4. The second-order valence-corrected chi connectivity index (χ2v) is 4.00. The molecule has 88 valence electrons. The van der Waals surface area contributed by atoms with Crippen molar-refractivity contribution in [1.29, 1.82) is 0 Å². The van der Waals surface area contributed by atoms with Crippen LogP contribution in [0.5, 0.6) is 0 Å². The van der Waals surface area contributed by atoms with Crippen LogP contribution >= 0.6 is 0 Å². The summed E-state index contributed by atoms with van der Waals surface area (Å²) in [6.07, 6.45) is 2.90. The van der Waals surface area contributed by atoms with Gasteiger partial charge in [0.2, 0.25) is 5.91 Å². The van der Waals surface area contributed by atoms with E-state index in [4.69, 9.17) is 0 Å². The monoisotopic (exact) mass is 224 g/mol. The van der Waals surface area contributed by atoms with Gasteiger partial charge < -0.3 is 15.3 Å². The van der Waals surface area contributed by atoms with Crippen molar-refractivity contribution in [3.05, 3.63) is 18.5 Å². The van der Waals surface area contributed by atoms with E-state index >= 15 is 0 Å². The van der Waals surface area contributed by atoms with E-state index < -0.39 is 6.10 Å². The van der Waals surface area contributed by atoms with Crippen LogP contribution in [0, 0.1) is 0 Å². The summed E-state index contributed by atoms with van der Waals surface area (Å²) in [7, 11) is 1.72. The average Bonchev–Trinajstić information content (AvgIpc) is 2.88. The molecule has 1 amide bonds. The molecule has 0 radical (unpaired) electrons. The number of rotatable bonds is 3. The lowest BCUT2D eigenvalue weighted by molar-refractivity contribution is -0.134. The number of carbonyl (C=O) groups excluding carboxylic acids is 1. The molecule has 1 aliphatic heterocycles.